The third kappa shape index (κ3) is 6.90. The fraction of sp³-hybridized carbons (Fsp3) is 0.480. The van der Waals surface area contributed by atoms with Gasteiger partial charge in [0.25, 0.3) is 0 Å². The second-order valence-electron chi connectivity index (χ2n) is 8.01. The molecule has 4 heteroatoms. The second-order valence-corrected chi connectivity index (χ2v) is 8.01. The van der Waals surface area contributed by atoms with Crippen LogP contribution in [0.3, 0.4) is 0 Å². The van der Waals surface area contributed by atoms with Crippen LogP contribution in [0.2, 0.25) is 0 Å². The van der Waals surface area contributed by atoms with Gasteiger partial charge in [0.1, 0.15) is 5.75 Å². The van der Waals surface area contributed by atoms with Crippen LogP contribution in [0.4, 0.5) is 0 Å². The Kier molecular flexibility index (Phi) is 8.12. The molecule has 0 unspecified atom stereocenters. The lowest BCUT2D eigenvalue weighted by Gasteiger charge is -2.31. The Balaban J connectivity index is 1.32. The lowest BCUT2D eigenvalue weighted by atomic mass is 9.95. The standard InChI is InChI=1S/C25H34N2O2/c1-3-29-24-11-9-21(10-12-24)8-5-15-26-25(28)23-13-16-27(17-14-23)19-22-7-4-6-20(2)18-22/h4,6-7,9-12,18,23H,3,5,8,13-17,19H2,1-2H3,(H,26,28). The SMILES string of the molecule is CCOc1ccc(CCCNC(=O)C2CCN(Cc3cccc(C)c3)CC2)cc1. The van der Waals surface area contributed by atoms with Crippen molar-refractivity contribution in [1.29, 1.82) is 0 Å². The molecule has 0 aliphatic carbocycles. The summed E-state index contributed by atoms with van der Waals surface area (Å²) in [5.74, 6) is 1.31. The maximum atomic E-state index is 12.5. The first kappa shape index (κ1) is 21.4. The molecule has 2 aromatic rings. The van der Waals surface area contributed by atoms with E-state index in [2.05, 4.69) is 53.5 Å². The molecular weight excluding hydrogens is 360 g/mol. The number of carbonyl (C=O) groups excluding carboxylic acids is 1. The number of rotatable bonds is 9. The largest absolute Gasteiger partial charge is 0.494 e. The van der Waals surface area contributed by atoms with Crippen molar-refractivity contribution in [2.45, 2.75) is 46.1 Å². The Morgan fingerprint density at radius 3 is 2.55 bits per heavy atom. The van der Waals surface area contributed by atoms with Crippen molar-refractivity contribution in [3.05, 3.63) is 65.2 Å². The Morgan fingerprint density at radius 1 is 1.10 bits per heavy atom. The highest BCUT2D eigenvalue weighted by atomic mass is 16.5. The minimum Gasteiger partial charge on any atom is -0.494 e. The number of benzene rings is 2. The van der Waals surface area contributed by atoms with E-state index in [1.165, 1.54) is 16.7 Å². The second kappa shape index (κ2) is 11.0. The van der Waals surface area contributed by atoms with Gasteiger partial charge in [-0.15, -0.1) is 0 Å². The number of aryl methyl sites for hydroxylation is 2. The van der Waals surface area contributed by atoms with E-state index in [1.54, 1.807) is 0 Å². The molecule has 1 aliphatic rings. The summed E-state index contributed by atoms with van der Waals surface area (Å²) in [5.41, 5.74) is 3.95. The average molecular weight is 395 g/mol. The summed E-state index contributed by atoms with van der Waals surface area (Å²) >= 11 is 0. The minimum absolute atomic E-state index is 0.161. The van der Waals surface area contributed by atoms with Crippen molar-refractivity contribution >= 4 is 5.91 Å². The van der Waals surface area contributed by atoms with Crippen LogP contribution in [0.5, 0.6) is 5.75 Å². The maximum absolute atomic E-state index is 12.5. The lowest BCUT2D eigenvalue weighted by molar-refractivity contribution is -0.126. The quantitative estimate of drug-likeness (QED) is 0.643. The van der Waals surface area contributed by atoms with Crippen molar-refractivity contribution in [3.8, 4) is 5.75 Å². The Labute approximate surface area is 175 Å². The number of nitrogens with one attached hydrogen (secondary N) is 1. The van der Waals surface area contributed by atoms with Crippen molar-refractivity contribution in [3.63, 3.8) is 0 Å². The van der Waals surface area contributed by atoms with Crippen LogP contribution in [0.1, 0.15) is 42.9 Å². The van der Waals surface area contributed by atoms with Crippen molar-refractivity contribution in [2.24, 2.45) is 5.92 Å². The summed E-state index contributed by atoms with van der Waals surface area (Å²) in [4.78, 5) is 15.0. The van der Waals surface area contributed by atoms with Gasteiger partial charge < -0.3 is 10.1 Å². The fourth-order valence-electron chi connectivity index (χ4n) is 3.99. The zero-order chi connectivity index (χ0) is 20.5. The van der Waals surface area contributed by atoms with Gasteiger partial charge in [0.15, 0.2) is 0 Å². The monoisotopic (exact) mass is 394 g/mol. The summed E-state index contributed by atoms with van der Waals surface area (Å²) in [6, 6.07) is 16.9. The van der Waals surface area contributed by atoms with Gasteiger partial charge in [0, 0.05) is 19.0 Å². The summed E-state index contributed by atoms with van der Waals surface area (Å²) < 4.78 is 5.47. The number of piperidine rings is 1. The first-order valence-electron chi connectivity index (χ1n) is 10.9. The van der Waals surface area contributed by atoms with Crippen LogP contribution in [0, 0.1) is 12.8 Å². The molecular formula is C25H34N2O2. The van der Waals surface area contributed by atoms with Gasteiger partial charge in [-0.05, 0) is 75.9 Å². The summed E-state index contributed by atoms with van der Waals surface area (Å²) in [6.45, 7) is 8.54. The number of hydrogen-bond acceptors (Lipinski definition) is 3. The lowest BCUT2D eigenvalue weighted by Crippen LogP contribution is -2.40. The number of amides is 1. The molecule has 3 rings (SSSR count). The number of likely N-dealkylation sites (tertiary alicyclic amines) is 1. The third-order valence-electron chi connectivity index (χ3n) is 5.62. The zero-order valence-electron chi connectivity index (χ0n) is 17.8. The van der Waals surface area contributed by atoms with Gasteiger partial charge in [0.05, 0.1) is 6.61 Å². The molecule has 2 aromatic carbocycles. The van der Waals surface area contributed by atoms with Gasteiger partial charge in [-0.1, -0.05) is 42.0 Å². The highest BCUT2D eigenvalue weighted by Crippen LogP contribution is 2.20. The Hall–Kier alpha value is -2.33. The summed E-state index contributed by atoms with van der Waals surface area (Å²) in [6.07, 6.45) is 3.85. The van der Waals surface area contributed by atoms with Crippen molar-refractivity contribution < 1.29 is 9.53 Å². The number of nitrogens with zero attached hydrogens (tertiary/aromatic N) is 1. The zero-order valence-corrected chi connectivity index (χ0v) is 17.8. The summed E-state index contributed by atoms with van der Waals surface area (Å²) in [7, 11) is 0. The van der Waals surface area contributed by atoms with Crippen molar-refractivity contribution in [1.82, 2.24) is 10.2 Å². The first-order valence-corrected chi connectivity index (χ1v) is 10.9. The van der Waals surface area contributed by atoms with E-state index in [1.807, 2.05) is 19.1 Å². The van der Waals surface area contributed by atoms with E-state index in [0.29, 0.717) is 6.61 Å². The van der Waals surface area contributed by atoms with Crippen LogP contribution >= 0.6 is 0 Å². The van der Waals surface area contributed by atoms with Crippen LogP contribution in [0.15, 0.2) is 48.5 Å². The molecule has 1 saturated heterocycles. The molecule has 4 nitrogen and oxygen atoms in total. The van der Waals surface area contributed by atoms with Gasteiger partial charge in [0.2, 0.25) is 5.91 Å². The third-order valence-corrected chi connectivity index (χ3v) is 5.62. The maximum Gasteiger partial charge on any atom is 0.223 e. The normalized spacial score (nSPS) is 15.2. The van der Waals surface area contributed by atoms with E-state index in [0.717, 1.165) is 57.6 Å². The van der Waals surface area contributed by atoms with Crippen LogP contribution in [-0.4, -0.2) is 37.0 Å². The first-order chi connectivity index (χ1) is 14.1. The molecule has 0 saturated carbocycles. The molecule has 1 fully saturated rings. The van der Waals surface area contributed by atoms with Crippen molar-refractivity contribution in [2.75, 3.05) is 26.2 Å². The van der Waals surface area contributed by atoms with Gasteiger partial charge in [-0.2, -0.15) is 0 Å². The smallest absolute Gasteiger partial charge is 0.223 e. The number of hydrogen-bond donors (Lipinski definition) is 1. The van der Waals surface area contributed by atoms with E-state index >= 15 is 0 Å². The molecule has 0 radical (unpaired) electrons. The number of ether oxygens (including phenoxy) is 1. The molecule has 1 heterocycles. The molecule has 1 amide bonds. The topological polar surface area (TPSA) is 41.6 Å². The summed E-state index contributed by atoms with van der Waals surface area (Å²) in [5, 5.41) is 3.14. The fourth-order valence-corrected chi connectivity index (χ4v) is 3.99. The average Bonchev–Trinajstić information content (AvgIpc) is 2.73. The van der Waals surface area contributed by atoms with E-state index in [4.69, 9.17) is 4.74 Å². The molecule has 0 aromatic heterocycles. The molecule has 0 atom stereocenters. The molecule has 156 valence electrons. The highest BCUT2D eigenvalue weighted by Gasteiger charge is 2.24. The highest BCUT2D eigenvalue weighted by molar-refractivity contribution is 5.78. The van der Waals surface area contributed by atoms with Gasteiger partial charge >= 0.3 is 0 Å². The minimum atomic E-state index is 0.161. The predicted molar refractivity (Wildman–Crippen MR) is 118 cm³/mol. The molecule has 0 bridgehead atoms. The van der Waals surface area contributed by atoms with E-state index < -0.39 is 0 Å². The van der Waals surface area contributed by atoms with Gasteiger partial charge in [-0.3, -0.25) is 9.69 Å². The molecule has 1 N–H and O–H groups in total. The van der Waals surface area contributed by atoms with E-state index in [9.17, 15) is 4.79 Å². The number of carbonyl (C=O) groups is 1. The molecule has 29 heavy (non-hydrogen) atoms. The Morgan fingerprint density at radius 2 is 1.86 bits per heavy atom. The Bertz CT molecular complexity index is 765. The predicted octanol–water partition coefficient (Wildman–Crippen LogP) is 4.35. The van der Waals surface area contributed by atoms with E-state index in [-0.39, 0.29) is 11.8 Å². The van der Waals surface area contributed by atoms with Crippen LogP contribution in [-0.2, 0) is 17.8 Å². The van der Waals surface area contributed by atoms with Crippen LogP contribution < -0.4 is 10.1 Å². The van der Waals surface area contributed by atoms with Gasteiger partial charge in [-0.25, -0.2) is 0 Å². The van der Waals surface area contributed by atoms with Crippen LogP contribution in [0.25, 0.3) is 0 Å². The molecule has 0 spiro atoms. The molecule has 1 aliphatic heterocycles.